The van der Waals surface area contributed by atoms with Crippen molar-refractivity contribution >= 4 is 17.7 Å². The molecule has 1 aliphatic heterocycles. The van der Waals surface area contributed by atoms with Crippen molar-refractivity contribution in [3.63, 3.8) is 0 Å². The number of amides is 1. The average Bonchev–Trinajstić information content (AvgIpc) is 2.46. The van der Waals surface area contributed by atoms with E-state index in [1.54, 1.807) is 12.3 Å². The summed E-state index contributed by atoms with van der Waals surface area (Å²) in [6.45, 7) is 0.821. The molecule has 1 aliphatic rings. The van der Waals surface area contributed by atoms with Gasteiger partial charge in [0.2, 0.25) is 0 Å². The van der Waals surface area contributed by atoms with Crippen LogP contribution in [0.3, 0.4) is 0 Å². The van der Waals surface area contributed by atoms with E-state index in [1.165, 1.54) is 4.90 Å². The molecule has 0 aliphatic carbocycles. The second kappa shape index (κ2) is 2.88. The zero-order valence-electron chi connectivity index (χ0n) is 6.70. The maximum atomic E-state index is 10.6. The van der Waals surface area contributed by atoms with E-state index in [0.29, 0.717) is 18.2 Å². The Kier molecular flexibility index (Phi) is 1.84. The molecule has 2 rings (SSSR count). The van der Waals surface area contributed by atoms with Gasteiger partial charge in [-0.2, -0.15) is 0 Å². The Morgan fingerprint density at radius 2 is 2.23 bits per heavy atom. The maximum Gasteiger partial charge on any atom is 0.407 e. The normalized spacial score (nSPS) is 14.4. The fourth-order valence-electron chi connectivity index (χ4n) is 1.39. The Balaban J connectivity index is 2.30. The molecule has 1 aromatic rings. The zero-order valence-corrected chi connectivity index (χ0v) is 7.45. The van der Waals surface area contributed by atoms with Gasteiger partial charge in [-0.05, 0) is 17.2 Å². The van der Waals surface area contributed by atoms with Gasteiger partial charge < -0.3 is 5.11 Å². The Morgan fingerprint density at radius 3 is 2.92 bits per heavy atom. The van der Waals surface area contributed by atoms with Gasteiger partial charge >= 0.3 is 6.09 Å². The highest BCUT2D eigenvalue weighted by atomic mass is 35.5. The second-order valence-corrected chi connectivity index (χ2v) is 3.30. The number of pyridine rings is 1. The maximum absolute atomic E-state index is 10.6. The van der Waals surface area contributed by atoms with E-state index in [1.807, 2.05) is 0 Å². The molecular weight excluding hydrogens is 192 g/mol. The molecule has 68 valence electrons. The van der Waals surface area contributed by atoms with Crippen LogP contribution in [0.15, 0.2) is 12.3 Å². The predicted molar refractivity (Wildman–Crippen MR) is 46.5 cm³/mol. The number of fused-ring (bicyclic) bond motifs is 1. The van der Waals surface area contributed by atoms with E-state index in [4.69, 9.17) is 16.7 Å². The van der Waals surface area contributed by atoms with Crippen molar-refractivity contribution in [3.05, 3.63) is 28.5 Å². The Bertz CT molecular complexity index is 367. The number of aromatic nitrogens is 1. The number of nitrogens with zero attached hydrogens (tertiary/aromatic N) is 2. The van der Waals surface area contributed by atoms with Crippen LogP contribution in [-0.2, 0) is 13.1 Å². The van der Waals surface area contributed by atoms with Gasteiger partial charge in [-0.25, -0.2) is 9.78 Å². The van der Waals surface area contributed by atoms with Crippen molar-refractivity contribution in [2.24, 2.45) is 0 Å². The SMILES string of the molecule is O=C(O)N1Cc2cnc(Cl)cc2C1. The molecule has 2 heterocycles. The highest BCUT2D eigenvalue weighted by Crippen LogP contribution is 2.23. The molecule has 0 bridgehead atoms. The number of carboxylic acid groups (broad SMARTS) is 1. The third-order valence-electron chi connectivity index (χ3n) is 2.04. The molecule has 4 nitrogen and oxygen atoms in total. The molecule has 0 saturated carbocycles. The van der Waals surface area contributed by atoms with Crippen LogP contribution >= 0.6 is 11.6 Å². The zero-order chi connectivity index (χ0) is 9.42. The largest absolute Gasteiger partial charge is 0.465 e. The summed E-state index contributed by atoms with van der Waals surface area (Å²) in [5.74, 6) is 0. The van der Waals surface area contributed by atoms with Crippen LogP contribution in [0.4, 0.5) is 4.79 Å². The lowest BCUT2D eigenvalue weighted by Gasteiger charge is -2.08. The van der Waals surface area contributed by atoms with Crippen molar-refractivity contribution in [1.82, 2.24) is 9.88 Å². The van der Waals surface area contributed by atoms with Gasteiger partial charge in [-0.15, -0.1) is 0 Å². The van der Waals surface area contributed by atoms with Crippen molar-refractivity contribution in [3.8, 4) is 0 Å². The van der Waals surface area contributed by atoms with E-state index in [-0.39, 0.29) is 0 Å². The molecule has 1 N–H and O–H groups in total. The molecule has 1 aromatic heterocycles. The lowest BCUT2D eigenvalue weighted by atomic mass is 10.2. The van der Waals surface area contributed by atoms with E-state index in [2.05, 4.69) is 4.98 Å². The van der Waals surface area contributed by atoms with Gasteiger partial charge in [0.05, 0.1) is 6.54 Å². The molecule has 1 amide bonds. The van der Waals surface area contributed by atoms with Gasteiger partial charge in [-0.1, -0.05) is 11.6 Å². The van der Waals surface area contributed by atoms with Crippen molar-refractivity contribution < 1.29 is 9.90 Å². The fraction of sp³-hybridized carbons (Fsp3) is 0.250. The van der Waals surface area contributed by atoms with Crippen LogP contribution < -0.4 is 0 Å². The van der Waals surface area contributed by atoms with Crippen LogP contribution in [0.5, 0.6) is 0 Å². The smallest absolute Gasteiger partial charge is 0.407 e. The van der Waals surface area contributed by atoms with Crippen molar-refractivity contribution in [1.29, 1.82) is 0 Å². The van der Waals surface area contributed by atoms with Crippen LogP contribution in [0, 0.1) is 0 Å². The third-order valence-corrected chi connectivity index (χ3v) is 2.25. The highest BCUT2D eigenvalue weighted by molar-refractivity contribution is 6.29. The molecular formula is C8H7ClN2O2. The molecule has 5 heteroatoms. The van der Waals surface area contributed by atoms with Crippen LogP contribution in [0.1, 0.15) is 11.1 Å². The first kappa shape index (κ1) is 8.31. The predicted octanol–water partition coefficient (Wildman–Crippen LogP) is 1.73. The van der Waals surface area contributed by atoms with Crippen molar-refractivity contribution in [2.45, 2.75) is 13.1 Å². The first-order chi connectivity index (χ1) is 6.16. The van der Waals surface area contributed by atoms with Gasteiger partial charge in [0, 0.05) is 12.7 Å². The minimum Gasteiger partial charge on any atom is -0.465 e. The number of halogens is 1. The topological polar surface area (TPSA) is 53.4 Å². The molecule has 0 unspecified atom stereocenters. The number of hydrogen-bond acceptors (Lipinski definition) is 2. The minimum absolute atomic E-state index is 0.408. The summed E-state index contributed by atoms with van der Waals surface area (Å²) < 4.78 is 0. The van der Waals surface area contributed by atoms with Gasteiger partial charge in [-0.3, -0.25) is 4.90 Å². The Morgan fingerprint density at radius 1 is 1.54 bits per heavy atom. The molecule has 0 radical (unpaired) electrons. The van der Waals surface area contributed by atoms with Crippen LogP contribution in [-0.4, -0.2) is 21.1 Å². The first-order valence-corrected chi connectivity index (χ1v) is 4.16. The summed E-state index contributed by atoms with van der Waals surface area (Å²) in [5.41, 5.74) is 1.88. The molecule has 0 saturated heterocycles. The van der Waals surface area contributed by atoms with Gasteiger partial charge in [0.25, 0.3) is 0 Å². The quantitative estimate of drug-likeness (QED) is 0.646. The Labute approximate surface area is 79.8 Å². The average molecular weight is 199 g/mol. The number of rotatable bonds is 0. The summed E-state index contributed by atoms with van der Waals surface area (Å²) >= 11 is 5.67. The van der Waals surface area contributed by atoms with Gasteiger partial charge in [0.1, 0.15) is 5.15 Å². The second-order valence-electron chi connectivity index (χ2n) is 2.91. The van der Waals surface area contributed by atoms with Gasteiger partial charge in [0.15, 0.2) is 0 Å². The summed E-state index contributed by atoms with van der Waals surface area (Å²) in [6.07, 6.45) is 0.716. The highest BCUT2D eigenvalue weighted by Gasteiger charge is 2.22. The monoisotopic (exact) mass is 198 g/mol. The molecule has 0 fully saturated rings. The first-order valence-electron chi connectivity index (χ1n) is 3.78. The minimum atomic E-state index is -0.910. The molecule has 0 aromatic carbocycles. The fourth-order valence-corrected chi connectivity index (χ4v) is 1.57. The summed E-state index contributed by atoms with van der Waals surface area (Å²) in [5, 5.41) is 9.14. The lowest BCUT2D eigenvalue weighted by molar-refractivity contribution is 0.145. The molecule has 13 heavy (non-hydrogen) atoms. The lowest BCUT2D eigenvalue weighted by Crippen LogP contribution is -2.22. The van der Waals surface area contributed by atoms with Crippen molar-refractivity contribution in [2.75, 3.05) is 0 Å². The van der Waals surface area contributed by atoms with E-state index in [0.717, 1.165) is 11.1 Å². The molecule has 0 atom stereocenters. The van der Waals surface area contributed by atoms with Crippen LogP contribution in [0.2, 0.25) is 5.15 Å². The summed E-state index contributed by atoms with van der Waals surface area (Å²) in [6, 6.07) is 1.71. The Hall–Kier alpha value is -1.29. The summed E-state index contributed by atoms with van der Waals surface area (Å²) in [4.78, 5) is 15.8. The van der Waals surface area contributed by atoms with Crippen LogP contribution in [0.25, 0.3) is 0 Å². The molecule has 0 spiro atoms. The summed E-state index contributed by atoms with van der Waals surface area (Å²) in [7, 11) is 0. The number of carbonyl (C=O) groups is 1. The third kappa shape index (κ3) is 1.45. The number of hydrogen-bond donors (Lipinski definition) is 1. The standard InChI is InChI=1S/C8H7ClN2O2/c9-7-1-5-3-11(8(12)13)4-6(5)2-10-7/h1-2H,3-4H2,(H,12,13). The van der Waals surface area contributed by atoms with E-state index in [9.17, 15) is 4.79 Å². The van der Waals surface area contributed by atoms with E-state index >= 15 is 0 Å². The van der Waals surface area contributed by atoms with E-state index < -0.39 is 6.09 Å².